The zero-order valence-electron chi connectivity index (χ0n) is 9.53. The highest BCUT2D eigenvalue weighted by atomic mass is 19.1. The Balaban J connectivity index is 2.28. The molecule has 17 heavy (non-hydrogen) atoms. The molecule has 0 heterocycles. The van der Waals surface area contributed by atoms with Gasteiger partial charge in [-0.25, -0.2) is 4.39 Å². The average molecular weight is 234 g/mol. The zero-order chi connectivity index (χ0) is 12.4. The quantitative estimate of drug-likeness (QED) is 0.641. The third-order valence-corrected chi connectivity index (χ3v) is 2.86. The molecule has 0 atom stereocenters. The lowest BCUT2D eigenvalue weighted by Gasteiger charge is -2.21. The fraction of sp³-hybridized carbons (Fsp3) is 0.308. The Morgan fingerprint density at radius 2 is 2.29 bits per heavy atom. The van der Waals surface area contributed by atoms with Crippen LogP contribution in [0.15, 0.2) is 30.9 Å². The standard InChI is InChI=1S/C13H15FN2O/c1-2-8-16(9-6-7-9)13(17)10-4-3-5-11(14)12(10)15/h2-5,9H,1,6-8,15H2. The van der Waals surface area contributed by atoms with Gasteiger partial charge in [-0.1, -0.05) is 12.1 Å². The lowest BCUT2D eigenvalue weighted by Crippen LogP contribution is -2.33. The maximum atomic E-state index is 13.3. The molecule has 90 valence electrons. The van der Waals surface area contributed by atoms with Gasteiger partial charge < -0.3 is 10.6 Å². The molecule has 1 fully saturated rings. The van der Waals surface area contributed by atoms with Crippen LogP contribution in [0.1, 0.15) is 23.2 Å². The Kier molecular flexibility index (Phi) is 3.13. The van der Waals surface area contributed by atoms with Crippen molar-refractivity contribution in [2.75, 3.05) is 12.3 Å². The van der Waals surface area contributed by atoms with Crippen LogP contribution < -0.4 is 5.73 Å². The lowest BCUT2D eigenvalue weighted by atomic mass is 10.1. The third-order valence-electron chi connectivity index (χ3n) is 2.86. The highest BCUT2D eigenvalue weighted by Crippen LogP contribution is 2.29. The Morgan fingerprint density at radius 1 is 1.59 bits per heavy atom. The van der Waals surface area contributed by atoms with Crippen LogP contribution in [-0.4, -0.2) is 23.4 Å². The number of nitrogen functional groups attached to an aromatic ring is 1. The second-order valence-electron chi connectivity index (χ2n) is 4.18. The van der Waals surface area contributed by atoms with Gasteiger partial charge in [-0.15, -0.1) is 6.58 Å². The van der Waals surface area contributed by atoms with E-state index in [1.807, 2.05) is 0 Å². The summed E-state index contributed by atoms with van der Waals surface area (Å²) in [5.74, 6) is -0.769. The number of nitrogens with two attached hydrogens (primary N) is 1. The molecule has 2 rings (SSSR count). The summed E-state index contributed by atoms with van der Waals surface area (Å²) in [5, 5.41) is 0. The highest BCUT2D eigenvalue weighted by Gasteiger charge is 2.33. The Bertz CT molecular complexity index is 455. The molecule has 0 aromatic heterocycles. The average Bonchev–Trinajstić information content (AvgIpc) is 3.13. The summed E-state index contributed by atoms with van der Waals surface area (Å²) in [5.41, 5.74) is 5.75. The number of benzene rings is 1. The number of hydrogen-bond acceptors (Lipinski definition) is 2. The number of amides is 1. The van der Waals surface area contributed by atoms with Crippen molar-refractivity contribution in [2.24, 2.45) is 0 Å². The summed E-state index contributed by atoms with van der Waals surface area (Å²) in [6.07, 6.45) is 3.66. The van der Waals surface area contributed by atoms with E-state index >= 15 is 0 Å². The van der Waals surface area contributed by atoms with E-state index in [-0.39, 0.29) is 23.2 Å². The van der Waals surface area contributed by atoms with E-state index in [0.29, 0.717) is 6.54 Å². The number of carbonyl (C=O) groups is 1. The van der Waals surface area contributed by atoms with Gasteiger partial charge in [-0.2, -0.15) is 0 Å². The normalized spacial score (nSPS) is 14.4. The van der Waals surface area contributed by atoms with E-state index < -0.39 is 5.82 Å². The molecular formula is C13H15FN2O. The van der Waals surface area contributed by atoms with Gasteiger partial charge in [0.25, 0.3) is 5.91 Å². The van der Waals surface area contributed by atoms with Gasteiger partial charge in [0, 0.05) is 12.6 Å². The molecule has 1 aliphatic rings. The van der Waals surface area contributed by atoms with Crippen molar-refractivity contribution >= 4 is 11.6 Å². The first-order valence-corrected chi connectivity index (χ1v) is 5.61. The second-order valence-corrected chi connectivity index (χ2v) is 4.18. The number of anilines is 1. The topological polar surface area (TPSA) is 46.3 Å². The van der Waals surface area contributed by atoms with Crippen molar-refractivity contribution in [2.45, 2.75) is 18.9 Å². The maximum Gasteiger partial charge on any atom is 0.256 e. The van der Waals surface area contributed by atoms with Gasteiger partial charge in [0.2, 0.25) is 0 Å². The molecule has 1 amide bonds. The molecule has 1 aromatic carbocycles. The predicted molar refractivity (Wildman–Crippen MR) is 65.1 cm³/mol. The number of rotatable bonds is 4. The van der Waals surface area contributed by atoms with E-state index in [1.165, 1.54) is 12.1 Å². The monoisotopic (exact) mass is 234 g/mol. The predicted octanol–water partition coefficient (Wildman–Crippen LogP) is 2.20. The number of hydrogen-bond donors (Lipinski definition) is 1. The first-order chi connectivity index (χ1) is 8.15. The fourth-order valence-electron chi connectivity index (χ4n) is 1.80. The maximum absolute atomic E-state index is 13.3. The largest absolute Gasteiger partial charge is 0.396 e. The Morgan fingerprint density at radius 3 is 2.88 bits per heavy atom. The minimum Gasteiger partial charge on any atom is -0.396 e. The Labute approximate surface area is 99.7 Å². The van der Waals surface area contributed by atoms with Crippen LogP contribution in [0, 0.1) is 5.82 Å². The van der Waals surface area contributed by atoms with E-state index in [1.54, 1.807) is 17.0 Å². The summed E-state index contributed by atoms with van der Waals surface area (Å²) < 4.78 is 13.3. The number of halogens is 1. The SMILES string of the molecule is C=CCN(C(=O)c1cccc(F)c1N)C1CC1. The molecular weight excluding hydrogens is 219 g/mol. The molecule has 1 aliphatic carbocycles. The first kappa shape index (κ1) is 11.6. The van der Waals surface area contributed by atoms with Crippen LogP contribution in [0.25, 0.3) is 0 Å². The van der Waals surface area contributed by atoms with Crippen LogP contribution >= 0.6 is 0 Å². The van der Waals surface area contributed by atoms with Crippen molar-refractivity contribution in [1.82, 2.24) is 4.90 Å². The van der Waals surface area contributed by atoms with Gasteiger partial charge in [0.15, 0.2) is 0 Å². The van der Waals surface area contributed by atoms with E-state index in [2.05, 4.69) is 6.58 Å². The van der Waals surface area contributed by atoms with Gasteiger partial charge >= 0.3 is 0 Å². The molecule has 1 saturated carbocycles. The lowest BCUT2D eigenvalue weighted by molar-refractivity contribution is 0.0763. The van der Waals surface area contributed by atoms with Gasteiger partial charge in [0.05, 0.1) is 11.3 Å². The molecule has 0 saturated heterocycles. The van der Waals surface area contributed by atoms with Gasteiger partial charge in [0.1, 0.15) is 5.82 Å². The summed E-state index contributed by atoms with van der Waals surface area (Å²) in [4.78, 5) is 13.9. The summed E-state index contributed by atoms with van der Waals surface area (Å²) in [7, 11) is 0. The van der Waals surface area contributed by atoms with E-state index in [9.17, 15) is 9.18 Å². The Hall–Kier alpha value is -1.84. The molecule has 0 spiro atoms. The van der Waals surface area contributed by atoms with Crippen molar-refractivity contribution in [3.05, 3.63) is 42.2 Å². The fourth-order valence-corrected chi connectivity index (χ4v) is 1.80. The van der Waals surface area contributed by atoms with Crippen LogP contribution in [-0.2, 0) is 0 Å². The van der Waals surface area contributed by atoms with Crippen molar-refractivity contribution in [3.63, 3.8) is 0 Å². The summed E-state index contributed by atoms with van der Waals surface area (Å²) in [6.45, 7) is 4.10. The molecule has 0 unspecified atom stereocenters. The minimum atomic E-state index is -0.551. The van der Waals surface area contributed by atoms with Gasteiger partial charge in [-0.3, -0.25) is 4.79 Å². The van der Waals surface area contributed by atoms with Gasteiger partial charge in [-0.05, 0) is 25.0 Å². The highest BCUT2D eigenvalue weighted by molar-refractivity contribution is 5.99. The molecule has 2 N–H and O–H groups in total. The number of nitrogens with zero attached hydrogens (tertiary/aromatic N) is 1. The minimum absolute atomic E-state index is 0.0767. The molecule has 0 aliphatic heterocycles. The van der Waals surface area contributed by atoms with Crippen LogP contribution in [0.2, 0.25) is 0 Å². The van der Waals surface area contributed by atoms with Crippen LogP contribution in [0.3, 0.4) is 0 Å². The van der Waals surface area contributed by atoms with E-state index in [4.69, 9.17) is 5.73 Å². The smallest absolute Gasteiger partial charge is 0.256 e. The number of carbonyl (C=O) groups excluding carboxylic acids is 1. The second kappa shape index (κ2) is 4.57. The summed E-state index contributed by atoms with van der Waals surface area (Å²) in [6, 6.07) is 4.56. The molecule has 1 aromatic rings. The molecule has 0 radical (unpaired) electrons. The van der Waals surface area contributed by atoms with Crippen molar-refractivity contribution in [3.8, 4) is 0 Å². The molecule has 4 heteroatoms. The third kappa shape index (κ3) is 2.30. The van der Waals surface area contributed by atoms with Crippen molar-refractivity contribution < 1.29 is 9.18 Å². The van der Waals surface area contributed by atoms with E-state index in [0.717, 1.165) is 12.8 Å². The summed E-state index contributed by atoms with van der Waals surface area (Å²) >= 11 is 0. The zero-order valence-corrected chi connectivity index (χ0v) is 9.53. The molecule has 0 bridgehead atoms. The first-order valence-electron chi connectivity index (χ1n) is 5.61. The van der Waals surface area contributed by atoms with Crippen LogP contribution in [0.4, 0.5) is 10.1 Å². The number of para-hydroxylation sites is 1. The van der Waals surface area contributed by atoms with Crippen LogP contribution in [0.5, 0.6) is 0 Å². The van der Waals surface area contributed by atoms with Crippen molar-refractivity contribution in [1.29, 1.82) is 0 Å². The molecule has 3 nitrogen and oxygen atoms in total.